The van der Waals surface area contributed by atoms with Crippen LogP contribution in [0.1, 0.15) is 50.3 Å². The van der Waals surface area contributed by atoms with Crippen LogP contribution in [-0.4, -0.2) is 36.4 Å². The molecule has 1 fully saturated rings. The van der Waals surface area contributed by atoms with Crippen molar-refractivity contribution in [3.63, 3.8) is 0 Å². The van der Waals surface area contributed by atoms with Gasteiger partial charge in [0.2, 0.25) is 0 Å². The highest BCUT2D eigenvalue weighted by molar-refractivity contribution is 6.45. The van der Waals surface area contributed by atoms with Gasteiger partial charge in [-0.1, -0.05) is 45.0 Å². The number of carbonyl (C=O) groups is 2. The molecule has 2 unspecified atom stereocenters. The number of hydrogen-bond acceptors (Lipinski definition) is 4. The maximum atomic E-state index is 13.9. The van der Waals surface area contributed by atoms with E-state index in [1.807, 2.05) is 56.3 Å². The third kappa shape index (κ3) is 4.54. The first-order chi connectivity index (χ1) is 15.8. The Balaban J connectivity index is 1.80. The summed E-state index contributed by atoms with van der Waals surface area (Å²) in [7, 11) is 0. The highest BCUT2D eigenvalue weighted by Crippen LogP contribution is 2.38. The Morgan fingerprint density at radius 1 is 0.939 bits per heavy atom. The second kappa shape index (κ2) is 9.42. The number of benzene rings is 2. The van der Waals surface area contributed by atoms with Gasteiger partial charge in [0.1, 0.15) is 11.4 Å². The minimum Gasteiger partial charge on any atom is -0.494 e. The van der Waals surface area contributed by atoms with Crippen molar-refractivity contribution in [2.75, 3.05) is 24.6 Å². The highest BCUT2D eigenvalue weighted by Gasteiger charge is 2.44. The molecule has 0 radical (unpaired) electrons. The summed E-state index contributed by atoms with van der Waals surface area (Å²) >= 11 is 0. The van der Waals surface area contributed by atoms with Gasteiger partial charge in [-0.25, -0.2) is 4.90 Å². The van der Waals surface area contributed by atoms with Crippen LogP contribution >= 0.6 is 0 Å². The van der Waals surface area contributed by atoms with Gasteiger partial charge in [0.25, 0.3) is 11.8 Å². The van der Waals surface area contributed by atoms with E-state index in [2.05, 4.69) is 25.7 Å². The lowest BCUT2D eigenvalue weighted by Crippen LogP contribution is -2.42. The second-order valence-electron chi connectivity index (χ2n) is 9.68. The number of likely N-dealkylation sites (tertiary alicyclic amines) is 1. The number of ether oxygens (including phenoxy) is 1. The molecule has 33 heavy (non-hydrogen) atoms. The van der Waals surface area contributed by atoms with Gasteiger partial charge in [0.05, 0.1) is 17.9 Å². The fraction of sp³-hybridized carbons (Fsp3) is 0.429. The van der Waals surface area contributed by atoms with E-state index in [1.165, 1.54) is 4.90 Å². The summed E-state index contributed by atoms with van der Waals surface area (Å²) in [6.07, 6.45) is 2.06. The second-order valence-corrected chi connectivity index (χ2v) is 9.68. The number of imide groups is 1. The predicted octanol–water partition coefficient (Wildman–Crippen LogP) is 5.35. The molecule has 5 nitrogen and oxygen atoms in total. The standard InChI is InChI=1S/C28H34N2O3/c1-6-13-33-23-11-9-22(10-12-23)25-26(29-16-19(3)14-20(4)17-29)28(32)30(27(25)31)24-15-18(2)7-8-21(24)5/h7-12,15,19-20H,6,13-14,16-17H2,1-5H3. The maximum absolute atomic E-state index is 13.9. The number of amides is 2. The molecule has 2 aliphatic heterocycles. The van der Waals surface area contributed by atoms with Crippen LogP contribution in [0.4, 0.5) is 5.69 Å². The van der Waals surface area contributed by atoms with Crippen molar-refractivity contribution < 1.29 is 14.3 Å². The minimum absolute atomic E-state index is 0.226. The fourth-order valence-electron chi connectivity index (χ4n) is 5.03. The van der Waals surface area contributed by atoms with Crippen molar-refractivity contribution in [3.8, 4) is 5.75 Å². The van der Waals surface area contributed by atoms with Crippen LogP contribution in [0.5, 0.6) is 5.75 Å². The lowest BCUT2D eigenvalue weighted by molar-refractivity contribution is -0.120. The Labute approximate surface area is 197 Å². The summed E-state index contributed by atoms with van der Waals surface area (Å²) in [5.41, 5.74) is 4.37. The van der Waals surface area contributed by atoms with Crippen molar-refractivity contribution in [1.29, 1.82) is 0 Å². The number of carbonyl (C=O) groups excluding carboxylic acids is 2. The average Bonchev–Trinajstić information content (AvgIpc) is 3.03. The first-order valence-electron chi connectivity index (χ1n) is 12.0. The van der Waals surface area contributed by atoms with Gasteiger partial charge >= 0.3 is 0 Å². The molecule has 2 heterocycles. The molecule has 0 bridgehead atoms. The first kappa shape index (κ1) is 23.1. The van der Waals surface area contributed by atoms with Crippen LogP contribution in [0.3, 0.4) is 0 Å². The molecule has 2 atom stereocenters. The Morgan fingerprint density at radius 2 is 1.61 bits per heavy atom. The molecular weight excluding hydrogens is 412 g/mol. The van der Waals surface area contributed by atoms with E-state index in [0.29, 0.717) is 35.4 Å². The third-order valence-electron chi connectivity index (χ3n) is 6.47. The molecule has 1 saturated heterocycles. The van der Waals surface area contributed by atoms with E-state index in [-0.39, 0.29) is 11.8 Å². The summed E-state index contributed by atoms with van der Waals surface area (Å²) in [6, 6.07) is 13.5. The molecule has 4 rings (SSSR count). The molecular formula is C28H34N2O3. The fourth-order valence-corrected chi connectivity index (χ4v) is 5.03. The SMILES string of the molecule is CCCOc1ccc(C2=C(N3CC(C)CC(C)C3)C(=O)N(c3cc(C)ccc3C)C2=O)cc1. The Morgan fingerprint density at radius 3 is 2.24 bits per heavy atom. The van der Waals surface area contributed by atoms with Crippen molar-refractivity contribution >= 4 is 23.1 Å². The van der Waals surface area contributed by atoms with E-state index in [4.69, 9.17) is 4.74 Å². The largest absolute Gasteiger partial charge is 0.494 e. The van der Waals surface area contributed by atoms with Crippen LogP contribution in [0.2, 0.25) is 0 Å². The quantitative estimate of drug-likeness (QED) is 0.561. The van der Waals surface area contributed by atoms with Crippen LogP contribution < -0.4 is 9.64 Å². The van der Waals surface area contributed by atoms with Gasteiger partial charge in [-0.3, -0.25) is 9.59 Å². The zero-order chi connectivity index (χ0) is 23.7. The van der Waals surface area contributed by atoms with Crippen LogP contribution in [0, 0.1) is 25.7 Å². The first-order valence-corrected chi connectivity index (χ1v) is 12.0. The van der Waals surface area contributed by atoms with Crippen LogP contribution in [0.25, 0.3) is 5.57 Å². The van der Waals surface area contributed by atoms with E-state index in [1.54, 1.807) is 0 Å². The number of anilines is 1. The van der Waals surface area contributed by atoms with Crippen molar-refractivity contribution in [3.05, 3.63) is 64.9 Å². The Kier molecular flexibility index (Phi) is 6.59. The molecule has 0 aromatic heterocycles. The number of hydrogen-bond donors (Lipinski definition) is 0. The van der Waals surface area contributed by atoms with E-state index >= 15 is 0 Å². The van der Waals surface area contributed by atoms with E-state index < -0.39 is 0 Å². The summed E-state index contributed by atoms with van der Waals surface area (Å²) in [5.74, 6) is 1.22. The Bertz CT molecular complexity index is 1080. The lowest BCUT2D eigenvalue weighted by atomic mass is 9.91. The maximum Gasteiger partial charge on any atom is 0.282 e. The summed E-state index contributed by atoms with van der Waals surface area (Å²) in [5, 5.41) is 0. The molecule has 0 saturated carbocycles. The average molecular weight is 447 g/mol. The molecule has 174 valence electrons. The van der Waals surface area contributed by atoms with Crippen molar-refractivity contribution in [2.45, 2.75) is 47.5 Å². The molecule has 2 aromatic rings. The van der Waals surface area contributed by atoms with Crippen LogP contribution in [-0.2, 0) is 9.59 Å². The number of piperidine rings is 1. The predicted molar refractivity (Wildman–Crippen MR) is 132 cm³/mol. The number of rotatable bonds is 6. The van der Waals surface area contributed by atoms with E-state index in [9.17, 15) is 9.59 Å². The topological polar surface area (TPSA) is 49.9 Å². The molecule has 0 aliphatic carbocycles. The lowest BCUT2D eigenvalue weighted by Gasteiger charge is -2.37. The highest BCUT2D eigenvalue weighted by atomic mass is 16.5. The molecule has 0 N–H and O–H groups in total. The zero-order valence-electron chi connectivity index (χ0n) is 20.4. The van der Waals surface area contributed by atoms with Gasteiger partial charge in [-0.2, -0.15) is 0 Å². The monoisotopic (exact) mass is 446 g/mol. The van der Waals surface area contributed by atoms with E-state index in [0.717, 1.165) is 48.4 Å². The Hall–Kier alpha value is -3.08. The van der Waals surface area contributed by atoms with Gasteiger partial charge in [0, 0.05) is 13.1 Å². The normalized spacial score (nSPS) is 21.2. The summed E-state index contributed by atoms with van der Waals surface area (Å²) < 4.78 is 5.72. The molecule has 2 amide bonds. The molecule has 2 aromatic carbocycles. The summed E-state index contributed by atoms with van der Waals surface area (Å²) in [6.45, 7) is 12.6. The van der Waals surface area contributed by atoms with Crippen molar-refractivity contribution in [1.82, 2.24) is 4.90 Å². The third-order valence-corrected chi connectivity index (χ3v) is 6.47. The number of aryl methyl sites for hydroxylation is 2. The van der Waals surface area contributed by atoms with Gasteiger partial charge in [0.15, 0.2) is 0 Å². The smallest absolute Gasteiger partial charge is 0.282 e. The molecule has 2 aliphatic rings. The summed E-state index contributed by atoms with van der Waals surface area (Å²) in [4.78, 5) is 31.2. The molecule has 0 spiro atoms. The van der Waals surface area contributed by atoms with Gasteiger partial charge < -0.3 is 9.64 Å². The van der Waals surface area contributed by atoms with Crippen molar-refractivity contribution in [2.24, 2.45) is 11.8 Å². The zero-order valence-corrected chi connectivity index (χ0v) is 20.4. The van der Waals surface area contributed by atoms with Crippen LogP contribution in [0.15, 0.2) is 48.2 Å². The molecule has 5 heteroatoms. The van der Waals surface area contributed by atoms with Gasteiger partial charge in [-0.05, 0) is 73.4 Å². The number of nitrogens with zero attached hydrogens (tertiary/aromatic N) is 2. The minimum atomic E-state index is -0.253. The van der Waals surface area contributed by atoms with Gasteiger partial charge in [-0.15, -0.1) is 0 Å².